The molecule has 0 aliphatic rings. The number of hydrogen-bond acceptors (Lipinski definition) is 4. The summed E-state index contributed by atoms with van der Waals surface area (Å²) in [7, 11) is 5.23. The molecule has 6 nitrogen and oxygen atoms in total. The van der Waals surface area contributed by atoms with Crippen molar-refractivity contribution >= 4 is 16.7 Å². The molecule has 1 heterocycles. The zero-order valence-electron chi connectivity index (χ0n) is 14.6. The summed E-state index contributed by atoms with van der Waals surface area (Å²) in [6.07, 6.45) is 3.53. The summed E-state index contributed by atoms with van der Waals surface area (Å²) in [5.41, 5.74) is 1.79. The van der Waals surface area contributed by atoms with Gasteiger partial charge in [-0.25, -0.2) is 0 Å². The van der Waals surface area contributed by atoms with Crippen LogP contribution in [-0.2, 0) is 18.4 Å². The van der Waals surface area contributed by atoms with Crippen LogP contribution in [0.5, 0.6) is 5.75 Å². The first-order valence-corrected chi connectivity index (χ1v) is 8.12. The zero-order chi connectivity index (χ0) is 17.8. The number of carbonyl (C=O) groups is 1. The Morgan fingerprint density at radius 3 is 2.76 bits per heavy atom. The number of methoxy groups -OCH3 is 1. The zero-order valence-corrected chi connectivity index (χ0v) is 14.6. The highest BCUT2D eigenvalue weighted by atomic mass is 16.5. The van der Waals surface area contributed by atoms with Crippen molar-refractivity contribution in [1.29, 1.82) is 0 Å². The maximum Gasteiger partial charge on any atom is 0.242 e. The summed E-state index contributed by atoms with van der Waals surface area (Å²) in [4.78, 5) is 12.6. The van der Waals surface area contributed by atoms with E-state index in [1.807, 2.05) is 49.6 Å². The van der Waals surface area contributed by atoms with Crippen molar-refractivity contribution in [3.63, 3.8) is 0 Å². The van der Waals surface area contributed by atoms with Gasteiger partial charge in [0, 0.05) is 30.9 Å². The molecule has 0 bridgehead atoms. The molecule has 2 aromatic carbocycles. The van der Waals surface area contributed by atoms with Crippen LogP contribution < -0.4 is 15.4 Å². The molecule has 3 aromatic rings. The molecule has 0 spiro atoms. The fourth-order valence-corrected chi connectivity index (χ4v) is 3.01. The van der Waals surface area contributed by atoms with Gasteiger partial charge in [-0.3, -0.25) is 9.48 Å². The van der Waals surface area contributed by atoms with Gasteiger partial charge in [-0.1, -0.05) is 30.3 Å². The Hall–Kier alpha value is -2.86. The Kier molecular flexibility index (Phi) is 5.00. The lowest BCUT2D eigenvalue weighted by atomic mass is 10.0. The molecule has 0 aliphatic carbocycles. The number of fused-ring (bicyclic) bond motifs is 1. The summed E-state index contributed by atoms with van der Waals surface area (Å²) < 4.78 is 7.16. The lowest BCUT2D eigenvalue weighted by Crippen LogP contribution is -2.35. The number of benzene rings is 2. The average Bonchev–Trinajstić information content (AvgIpc) is 3.06. The largest absolute Gasteiger partial charge is 0.496 e. The molecule has 2 N–H and O–H groups in total. The van der Waals surface area contributed by atoms with Crippen LogP contribution in [0.2, 0.25) is 0 Å². The monoisotopic (exact) mass is 338 g/mol. The fraction of sp³-hybridized carbons (Fsp3) is 0.263. The number of likely N-dealkylation sites (N-methyl/N-ethyl adjacent to an activating group) is 1. The lowest BCUT2D eigenvalue weighted by Gasteiger charge is -2.17. The first kappa shape index (κ1) is 17.0. The number of nitrogens with zero attached hydrogens (tertiary/aromatic N) is 2. The molecule has 1 aromatic heterocycles. The van der Waals surface area contributed by atoms with Crippen molar-refractivity contribution in [2.45, 2.75) is 12.6 Å². The van der Waals surface area contributed by atoms with Gasteiger partial charge in [0.2, 0.25) is 5.91 Å². The van der Waals surface area contributed by atoms with Gasteiger partial charge < -0.3 is 15.4 Å². The Bertz CT molecular complexity index is 888. The van der Waals surface area contributed by atoms with Crippen molar-refractivity contribution < 1.29 is 9.53 Å². The molecular weight excluding hydrogens is 316 g/mol. The van der Waals surface area contributed by atoms with Gasteiger partial charge in [0.15, 0.2) is 0 Å². The SMILES string of the molecule is CNC(C(=O)NCc1c(OC)ccc2ccccc12)c1cnn(C)c1. The number of aryl methyl sites for hydroxylation is 1. The molecule has 130 valence electrons. The fourth-order valence-electron chi connectivity index (χ4n) is 3.01. The van der Waals surface area contributed by atoms with Gasteiger partial charge in [0.1, 0.15) is 11.8 Å². The van der Waals surface area contributed by atoms with Gasteiger partial charge in [-0.15, -0.1) is 0 Å². The number of carbonyl (C=O) groups excluding carboxylic acids is 1. The summed E-state index contributed by atoms with van der Waals surface area (Å²) in [6.45, 7) is 0.391. The number of nitrogens with one attached hydrogen (secondary N) is 2. The maximum atomic E-state index is 12.6. The maximum absolute atomic E-state index is 12.6. The van der Waals surface area contributed by atoms with Gasteiger partial charge in [0.05, 0.1) is 13.3 Å². The van der Waals surface area contributed by atoms with Crippen molar-refractivity contribution in [2.75, 3.05) is 14.2 Å². The minimum atomic E-state index is -0.449. The minimum absolute atomic E-state index is 0.106. The smallest absolute Gasteiger partial charge is 0.242 e. The number of ether oxygens (including phenoxy) is 1. The number of hydrogen-bond donors (Lipinski definition) is 2. The Balaban J connectivity index is 1.83. The van der Waals surface area contributed by atoms with Crippen LogP contribution in [0.1, 0.15) is 17.2 Å². The van der Waals surface area contributed by atoms with E-state index in [0.29, 0.717) is 6.54 Å². The van der Waals surface area contributed by atoms with Crippen LogP contribution in [0, 0.1) is 0 Å². The van der Waals surface area contributed by atoms with Gasteiger partial charge >= 0.3 is 0 Å². The Morgan fingerprint density at radius 2 is 2.08 bits per heavy atom. The molecule has 0 radical (unpaired) electrons. The molecule has 0 fully saturated rings. The third-order valence-corrected chi connectivity index (χ3v) is 4.27. The van der Waals surface area contributed by atoms with E-state index in [-0.39, 0.29) is 5.91 Å². The highest BCUT2D eigenvalue weighted by Gasteiger charge is 2.20. The molecule has 3 rings (SSSR count). The van der Waals surface area contributed by atoms with Crippen molar-refractivity contribution in [3.8, 4) is 5.75 Å². The van der Waals surface area contributed by atoms with E-state index in [9.17, 15) is 4.79 Å². The van der Waals surface area contributed by atoms with Crippen LogP contribution in [0.25, 0.3) is 10.8 Å². The lowest BCUT2D eigenvalue weighted by molar-refractivity contribution is -0.123. The second-order valence-electron chi connectivity index (χ2n) is 5.85. The molecular formula is C19H22N4O2. The normalized spacial score (nSPS) is 12.1. The number of rotatable bonds is 6. The third-order valence-electron chi connectivity index (χ3n) is 4.27. The van der Waals surface area contributed by atoms with Gasteiger partial charge in [-0.2, -0.15) is 5.10 Å². The summed E-state index contributed by atoms with van der Waals surface area (Å²) in [5, 5.41) is 12.4. The van der Waals surface area contributed by atoms with Crippen LogP contribution >= 0.6 is 0 Å². The van der Waals surface area contributed by atoms with Crippen molar-refractivity contribution in [1.82, 2.24) is 20.4 Å². The Labute approximate surface area is 146 Å². The molecule has 0 aliphatic heterocycles. The van der Waals surface area contributed by atoms with Gasteiger partial charge in [0.25, 0.3) is 0 Å². The van der Waals surface area contributed by atoms with E-state index < -0.39 is 6.04 Å². The first-order valence-electron chi connectivity index (χ1n) is 8.12. The molecule has 1 amide bonds. The number of amides is 1. The predicted molar refractivity (Wildman–Crippen MR) is 97.4 cm³/mol. The molecule has 25 heavy (non-hydrogen) atoms. The highest BCUT2D eigenvalue weighted by Crippen LogP contribution is 2.28. The van der Waals surface area contributed by atoms with E-state index in [0.717, 1.165) is 27.6 Å². The van der Waals surface area contributed by atoms with Crippen LogP contribution in [0.15, 0.2) is 48.8 Å². The third kappa shape index (κ3) is 3.49. The first-order chi connectivity index (χ1) is 12.1. The quantitative estimate of drug-likeness (QED) is 0.723. The summed E-state index contributed by atoms with van der Waals surface area (Å²) >= 11 is 0. The van der Waals surface area contributed by atoms with Crippen LogP contribution in [0.3, 0.4) is 0 Å². The second-order valence-corrected chi connectivity index (χ2v) is 5.85. The molecule has 0 saturated carbocycles. The standard InChI is InChI=1S/C19H22N4O2/c1-20-18(14-10-22-23(2)12-14)19(24)21-11-16-15-7-5-4-6-13(15)8-9-17(16)25-3/h4-10,12,18,20H,11H2,1-3H3,(H,21,24). The molecule has 1 atom stereocenters. The van der Waals surface area contributed by atoms with Crippen LogP contribution in [0.4, 0.5) is 0 Å². The predicted octanol–water partition coefficient (Wildman–Crippen LogP) is 2.16. The van der Waals surface area contributed by atoms with Crippen molar-refractivity contribution in [2.24, 2.45) is 7.05 Å². The second kappa shape index (κ2) is 7.36. The van der Waals surface area contributed by atoms with Gasteiger partial charge in [-0.05, 0) is 23.9 Å². The summed E-state index contributed by atoms with van der Waals surface area (Å²) in [6, 6.07) is 11.6. The van der Waals surface area contributed by atoms with Crippen molar-refractivity contribution in [3.05, 3.63) is 59.9 Å². The summed E-state index contributed by atoms with van der Waals surface area (Å²) in [5.74, 6) is 0.659. The van der Waals surface area contributed by atoms with E-state index in [1.165, 1.54) is 0 Å². The average molecular weight is 338 g/mol. The highest BCUT2D eigenvalue weighted by molar-refractivity contribution is 5.89. The van der Waals surface area contributed by atoms with E-state index >= 15 is 0 Å². The van der Waals surface area contributed by atoms with E-state index in [1.54, 1.807) is 25.0 Å². The molecule has 1 unspecified atom stereocenters. The van der Waals surface area contributed by atoms with E-state index in [4.69, 9.17) is 4.74 Å². The molecule has 0 saturated heterocycles. The molecule has 6 heteroatoms. The number of aromatic nitrogens is 2. The Morgan fingerprint density at radius 1 is 1.28 bits per heavy atom. The topological polar surface area (TPSA) is 68.2 Å². The minimum Gasteiger partial charge on any atom is -0.496 e. The van der Waals surface area contributed by atoms with E-state index in [2.05, 4.69) is 15.7 Å². The van der Waals surface area contributed by atoms with Crippen LogP contribution in [-0.4, -0.2) is 29.8 Å².